The molecule has 0 atom stereocenters. The van der Waals surface area contributed by atoms with Gasteiger partial charge < -0.3 is 11.1 Å². The molecule has 0 spiro atoms. The van der Waals surface area contributed by atoms with Gasteiger partial charge in [0.25, 0.3) is 5.91 Å². The van der Waals surface area contributed by atoms with E-state index in [1.54, 1.807) is 18.3 Å². The summed E-state index contributed by atoms with van der Waals surface area (Å²) in [5, 5.41) is 3.01. The van der Waals surface area contributed by atoms with Crippen molar-refractivity contribution in [1.82, 2.24) is 10.3 Å². The first-order chi connectivity index (χ1) is 7.09. The monoisotopic (exact) mass is 205 g/mol. The van der Waals surface area contributed by atoms with Crippen LogP contribution in [0.15, 0.2) is 18.3 Å². The predicted molar refractivity (Wildman–Crippen MR) is 58.4 cm³/mol. The molecule has 1 heterocycles. The molecule has 1 aliphatic carbocycles. The fourth-order valence-corrected chi connectivity index (χ4v) is 1.77. The molecular weight excluding hydrogens is 190 g/mol. The second-order valence-electron chi connectivity index (χ2n) is 4.34. The number of hydrogen-bond acceptors (Lipinski definition) is 3. The third-order valence-electron chi connectivity index (χ3n) is 2.92. The molecule has 15 heavy (non-hydrogen) atoms. The van der Waals surface area contributed by atoms with Crippen LogP contribution in [-0.4, -0.2) is 16.4 Å². The number of nitrogens with zero attached hydrogens (tertiary/aromatic N) is 1. The Morgan fingerprint density at radius 1 is 1.60 bits per heavy atom. The van der Waals surface area contributed by atoms with Gasteiger partial charge in [0.15, 0.2) is 0 Å². The van der Waals surface area contributed by atoms with Crippen LogP contribution >= 0.6 is 0 Å². The molecule has 0 radical (unpaired) electrons. The average molecular weight is 205 g/mol. The summed E-state index contributed by atoms with van der Waals surface area (Å²) in [6.45, 7) is 2.07. The molecule has 2 rings (SSSR count). The van der Waals surface area contributed by atoms with Crippen molar-refractivity contribution in [3.8, 4) is 0 Å². The number of carbonyl (C=O) groups is 1. The van der Waals surface area contributed by atoms with Gasteiger partial charge in [0, 0.05) is 17.3 Å². The van der Waals surface area contributed by atoms with Crippen LogP contribution < -0.4 is 11.1 Å². The molecule has 0 aromatic carbocycles. The largest absolute Gasteiger partial charge is 0.384 e. The Hall–Kier alpha value is -1.58. The smallest absolute Gasteiger partial charge is 0.251 e. The van der Waals surface area contributed by atoms with Crippen molar-refractivity contribution in [2.75, 3.05) is 5.73 Å². The van der Waals surface area contributed by atoms with Crippen molar-refractivity contribution >= 4 is 11.7 Å². The lowest BCUT2D eigenvalue weighted by molar-refractivity contribution is 0.0850. The number of amides is 1. The Labute approximate surface area is 88.9 Å². The Bertz CT molecular complexity index is 385. The van der Waals surface area contributed by atoms with Crippen LogP contribution in [0, 0.1) is 0 Å². The maximum atomic E-state index is 11.8. The predicted octanol–water partition coefficient (Wildman–Crippen LogP) is 1.34. The summed E-state index contributed by atoms with van der Waals surface area (Å²) in [5.41, 5.74) is 6.08. The quantitative estimate of drug-likeness (QED) is 0.765. The lowest BCUT2D eigenvalue weighted by Gasteiger charge is -2.39. The highest BCUT2D eigenvalue weighted by Gasteiger charge is 2.33. The molecule has 1 fully saturated rings. The van der Waals surface area contributed by atoms with Gasteiger partial charge in [-0.05, 0) is 38.3 Å². The van der Waals surface area contributed by atoms with E-state index in [2.05, 4.69) is 17.2 Å². The van der Waals surface area contributed by atoms with Crippen LogP contribution in [0.2, 0.25) is 0 Å². The van der Waals surface area contributed by atoms with E-state index < -0.39 is 0 Å². The van der Waals surface area contributed by atoms with Gasteiger partial charge in [0.2, 0.25) is 0 Å². The first-order valence-corrected chi connectivity index (χ1v) is 5.13. The number of aromatic nitrogens is 1. The van der Waals surface area contributed by atoms with Crippen molar-refractivity contribution in [2.24, 2.45) is 0 Å². The highest BCUT2D eigenvalue weighted by atomic mass is 16.1. The van der Waals surface area contributed by atoms with E-state index in [1.165, 1.54) is 6.42 Å². The van der Waals surface area contributed by atoms with E-state index in [4.69, 9.17) is 5.73 Å². The molecule has 4 heteroatoms. The Morgan fingerprint density at radius 2 is 2.33 bits per heavy atom. The Morgan fingerprint density at radius 3 is 2.87 bits per heavy atom. The third-order valence-corrected chi connectivity index (χ3v) is 2.92. The molecule has 4 nitrogen and oxygen atoms in total. The summed E-state index contributed by atoms with van der Waals surface area (Å²) in [5.74, 6) is 0.313. The minimum atomic E-state index is -0.0636. The molecule has 0 saturated heterocycles. The van der Waals surface area contributed by atoms with E-state index in [1.807, 2.05) is 0 Å². The SMILES string of the molecule is CC1(NC(=O)c2ccnc(N)c2)CCC1. The van der Waals surface area contributed by atoms with E-state index in [-0.39, 0.29) is 11.4 Å². The summed E-state index contributed by atoms with van der Waals surface area (Å²) in [7, 11) is 0. The van der Waals surface area contributed by atoms with Crippen molar-refractivity contribution in [2.45, 2.75) is 31.7 Å². The second-order valence-corrected chi connectivity index (χ2v) is 4.34. The van der Waals surface area contributed by atoms with Gasteiger partial charge in [-0.15, -0.1) is 0 Å². The van der Waals surface area contributed by atoms with E-state index in [0.29, 0.717) is 11.4 Å². The lowest BCUT2D eigenvalue weighted by atomic mass is 9.78. The molecule has 1 aromatic rings. The van der Waals surface area contributed by atoms with Gasteiger partial charge in [0.1, 0.15) is 5.82 Å². The van der Waals surface area contributed by atoms with Crippen LogP contribution in [0.5, 0.6) is 0 Å². The molecule has 80 valence electrons. The highest BCUT2D eigenvalue weighted by Crippen LogP contribution is 2.31. The number of nitrogens with one attached hydrogen (secondary N) is 1. The minimum Gasteiger partial charge on any atom is -0.384 e. The normalized spacial score (nSPS) is 17.9. The topological polar surface area (TPSA) is 68.0 Å². The summed E-state index contributed by atoms with van der Waals surface area (Å²) in [6.07, 6.45) is 4.85. The number of hydrogen-bond donors (Lipinski definition) is 2. The zero-order valence-corrected chi connectivity index (χ0v) is 8.79. The fourth-order valence-electron chi connectivity index (χ4n) is 1.77. The highest BCUT2D eigenvalue weighted by molar-refractivity contribution is 5.95. The fraction of sp³-hybridized carbons (Fsp3) is 0.455. The summed E-state index contributed by atoms with van der Waals surface area (Å²) >= 11 is 0. The van der Waals surface area contributed by atoms with Crippen molar-refractivity contribution in [1.29, 1.82) is 0 Å². The van der Waals surface area contributed by atoms with E-state index in [0.717, 1.165) is 12.8 Å². The molecule has 1 aromatic heterocycles. The minimum absolute atomic E-state index is 0.0187. The molecule has 0 aliphatic heterocycles. The number of pyridine rings is 1. The molecular formula is C11H15N3O. The Kier molecular flexibility index (Phi) is 2.34. The molecule has 0 bridgehead atoms. The molecule has 3 N–H and O–H groups in total. The van der Waals surface area contributed by atoms with Gasteiger partial charge in [-0.1, -0.05) is 0 Å². The summed E-state index contributed by atoms with van der Waals surface area (Å²) < 4.78 is 0. The molecule has 1 aliphatic rings. The number of rotatable bonds is 2. The van der Waals surface area contributed by atoms with Crippen LogP contribution in [-0.2, 0) is 0 Å². The maximum absolute atomic E-state index is 11.8. The Balaban J connectivity index is 2.08. The van der Waals surface area contributed by atoms with Gasteiger partial charge in [0.05, 0.1) is 0 Å². The summed E-state index contributed by atoms with van der Waals surface area (Å²) in [4.78, 5) is 15.7. The number of carbonyl (C=O) groups excluding carboxylic acids is 1. The molecule has 0 unspecified atom stereocenters. The first-order valence-electron chi connectivity index (χ1n) is 5.13. The molecule has 1 saturated carbocycles. The lowest BCUT2D eigenvalue weighted by Crippen LogP contribution is -2.50. The average Bonchev–Trinajstić information content (AvgIpc) is 2.15. The van der Waals surface area contributed by atoms with Crippen LogP contribution in [0.4, 0.5) is 5.82 Å². The summed E-state index contributed by atoms with van der Waals surface area (Å²) in [6, 6.07) is 3.27. The van der Waals surface area contributed by atoms with Crippen molar-refractivity contribution < 1.29 is 4.79 Å². The van der Waals surface area contributed by atoms with E-state index in [9.17, 15) is 4.79 Å². The van der Waals surface area contributed by atoms with E-state index >= 15 is 0 Å². The van der Waals surface area contributed by atoms with Crippen molar-refractivity contribution in [3.63, 3.8) is 0 Å². The zero-order valence-electron chi connectivity index (χ0n) is 8.79. The number of nitrogens with two attached hydrogens (primary N) is 1. The van der Waals surface area contributed by atoms with Crippen LogP contribution in [0.1, 0.15) is 36.5 Å². The van der Waals surface area contributed by atoms with Crippen molar-refractivity contribution in [3.05, 3.63) is 23.9 Å². The number of anilines is 1. The van der Waals surface area contributed by atoms with Gasteiger partial charge in [-0.2, -0.15) is 0 Å². The standard InChI is InChI=1S/C11H15N3O/c1-11(4-2-5-11)14-10(15)8-3-6-13-9(12)7-8/h3,6-7H,2,4-5H2,1H3,(H2,12,13)(H,14,15). The first kappa shape index (κ1) is 9.96. The van der Waals surface area contributed by atoms with Gasteiger partial charge in [-0.3, -0.25) is 4.79 Å². The zero-order chi connectivity index (χ0) is 10.9. The van der Waals surface area contributed by atoms with Gasteiger partial charge in [-0.25, -0.2) is 4.98 Å². The van der Waals surface area contributed by atoms with Gasteiger partial charge >= 0.3 is 0 Å². The third kappa shape index (κ3) is 2.09. The maximum Gasteiger partial charge on any atom is 0.251 e. The number of nitrogen functional groups attached to an aromatic ring is 1. The second kappa shape index (κ2) is 3.53. The van der Waals surface area contributed by atoms with Crippen LogP contribution in [0.25, 0.3) is 0 Å². The van der Waals surface area contributed by atoms with Crippen LogP contribution in [0.3, 0.4) is 0 Å². The molecule has 1 amide bonds.